The quantitative estimate of drug-likeness (QED) is 0.718. The molecular formula is C13H9N3O4S. The SMILES string of the molecule is O=C(O)c1cc(SCc2nc(-c3ccco3)no2)ccn1. The van der Waals surface area contributed by atoms with E-state index in [2.05, 4.69) is 15.1 Å². The van der Waals surface area contributed by atoms with Crippen LogP contribution >= 0.6 is 11.8 Å². The second kappa shape index (κ2) is 5.80. The number of thioether (sulfide) groups is 1. The Morgan fingerprint density at radius 2 is 2.29 bits per heavy atom. The summed E-state index contributed by atoms with van der Waals surface area (Å²) >= 11 is 1.39. The summed E-state index contributed by atoms with van der Waals surface area (Å²) in [4.78, 5) is 19.6. The van der Waals surface area contributed by atoms with Gasteiger partial charge in [-0.15, -0.1) is 11.8 Å². The Labute approximate surface area is 123 Å². The predicted molar refractivity (Wildman–Crippen MR) is 72.8 cm³/mol. The van der Waals surface area contributed by atoms with Crippen LogP contribution in [0, 0.1) is 0 Å². The molecule has 0 radical (unpaired) electrons. The van der Waals surface area contributed by atoms with E-state index in [1.807, 2.05) is 0 Å². The molecule has 3 heterocycles. The fourth-order valence-corrected chi connectivity index (χ4v) is 2.34. The second-order valence-electron chi connectivity index (χ2n) is 3.96. The molecule has 0 amide bonds. The minimum absolute atomic E-state index is 0.00167. The molecule has 0 saturated heterocycles. The first kappa shape index (κ1) is 13.4. The largest absolute Gasteiger partial charge is 0.477 e. The van der Waals surface area contributed by atoms with E-state index in [4.69, 9.17) is 14.0 Å². The van der Waals surface area contributed by atoms with Crippen molar-refractivity contribution in [2.24, 2.45) is 0 Å². The van der Waals surface area contributed by atoms with Crippen molar-refractivity contribution in [3.63, 3.8) is 0 Å². The Hall–Kier alpha value is -2.61. The number of carboxylic acids is 1. The molecule has 0 fully saturated rings. The molecule has 1 N–H and O–H groups in total. The van der Waals surface area contributed by atoms with Crippen LogP contribution in [0.25, 0.3) is 11.6 Å². The topological polar surface area (TPSA) is 102 Å². The first-order valence-corrected chi connectivity index (χ1v) is 6.89. The summed E-state index contributed by atoms with van der Waals surface area (Å²) in [6, 6.07) is 6.70. The van der Waals surface area contributed by atoms with Gasteiger partial charge in [-0.1, -0.05) is 5.16 Å². The van der Waals surface area contributed by atoms with E-state index in [1.165, 1.54) is 30.3 Å². The Morgan fingerprint density at radius 3 is 3.05 bits per heavy atom. The minimum atomic E-state index is -1.06. The van der Waals surface area contributed by atoms with Gasteiger partial charge < -0.3 is 14.0 Å². The highest BCUT2D eigenvalue weighted by atomic mass is 32.2. The number of hydrogen-bond acceptors (Lipinski definition) is 7. The van der Waals surface area contributed by atoms with Gasteiger partial charge in [0.2, 0.25) is 11.7 Å². The molecule has 0 aliphatic heterocycles. The van der Waals surface area contributed by atoms with Crippen molar-refractivity contribution < 1.29 is 18.8 Å². The molecule has 0 aromatic carbocycles. The average molecular weight is 303 g/mol. The third-order valence-corrected chi connectivity index (χ3v) is 3.50. The van der Waals surface area contributed by atoms with Crippen LogP contribution in [0.15, 0.2) is 50.6 Å². The zero-order chi connectivity index (χ0) is 14.7. The van der Waals surface area contributed by atoms with Crippen LogP contribution in [0.1, 0.15) is 16.4 Å². The average Bonchev–Trinajstić information content (AvgIpc) is 3.16. The summed E-state index contributed by atoms with van der Waals surface area (Å²) in [5.41, 5.74) is 0.00167. The molecule has 7 nitrogen and oxygen atoms in total. The Balaban J connectivity index is 1.68. The third kappa shape index (κ3) is 3.11. The summed E-state index contributed by atoms with van der Waals surface area (Å²) in [5, 5.41) is 12.7. The molecular weight excluding hydrogens is 294 g/mol. The van der Waals surface area contributed by atoms with E-state index < -0.39 is 5.97 Å². The highest BCUT2D eigenvalue weighted by Crippen LogP contribution is 2.23. The van der Waals surface area contributed by atoms with E-state index in [0.29, 0.717) is 23.2 Å². The van der Waals surface area contributed by atoms with Gasteiger partial charge in [-0.3, -0.25) is 0 Å². The molecule has 0 unspecified atom stereocenters. The van der Waals surface area contributed by atoms with Gasteiger partial charge in [-0.05, 0) is 24.3 Å². The standard InChI is InChI=1S/C13H9N3O4S/c17-13(18)9-6-8(3-4-14-9)21-7-11-15-12(16-20-11)10-2-1-5-19-10/h1-6H,7H2,(H,17,18). The molecule has 0 atom stereocenters. The van der Waals surface area contributed by atoms with Crippen LogP contribution in [0.3, 0.4) is 0 Å². The molecule has 8 heteroatoms. The fourth-order valence-electron chi connectivity index (χ4n) is 1.58. The van der Waals surface area contributed by atoms with Crippen molar-refractivity contribution in [3.05, 3.63) is 48.3 Å². The molecule has 0 aliphatic rings. The minimum Gasteiger partial charge on any atom is -0.477 e. The lowest BCUT2D eigenvalue weighted by molar-refractivity contribution is 0.0690. The van der Waals surface area contributed by atoms with Crippen LogP contribution in [0.4, 0.5) is 0 Å². The molecule has 0 saturated carbocycles. The molecule has 21 heavy (non-hydrogen) atoms. The molecule has 3 aromatic heterocycles. The number of nitrogens with zero attached hydrogens (tertiary/aromatic N) is 3. The summed E-state index contributed by atoms with van der Waals surface area (Å²) < 4.78 is 10.3. The number of rotatable bonds is 5. The number of carboxylic acid groups (broad SMARTS) is 1. The highest BCUT2D eigenvalue weighted by Gasteiger charge is 2.11. The number of hydrogen-bond donors (Lipinski definition) is 1. The van der Waals surface area contributed by atoms with Gasteiger partial charge >= 0.3 is 5.97 Å². The van der Waals surface area contributed by atoms with Gasteiger partial charge in [-0.2, -0.15) is 4.98 Å². The normalized spacial score (nSPS) is 10.7. The lowest BCUT2D eigenvalue weighted by Crippen LogP contribution is -1.99. The second-order valence-corrected chi connectivity index (χ2v) is 5.01. The molecule has 0 bridgehead atoms. The number of pyridine rings is 1. The van der Waals surface area contributed by atoms with Crippen molar-refractivity contribution in [1.82, 2.24) is 15.1 Å². The van der Waals surface area contributed by atoms with Gasteiger partial charge in [-0.25, -0.2) is 9.78 Å². The van der Waals surface area contributed by atoms with Gasteiger partial charge in [0.05, 0.1) is 12.0 Å². The highest BCUT2D eigenvalue weighted by molar-refractivity contribution is 7.98. The Kier molecular flexibility index (Phi) is 3.69. The third-order valence-electron chi connectivity index (χ3n) is 2.52. The fraction of sp³-hybridized carbons (Fsp3) is 0.0769. The molecule has 106 valence electrons. The first-order valence-electron chi connectivity index (χ1n) is 5.91. The van der Waals surface area contributed by atoms with E-state index >= 15 is 0 Å². The van der Waals surface area contributed by atoms with Crippen LogP contribution in [-0.2, 0) is 5.75 Å². The molecule has 0 aliphatic carbocycles. The number of aromatic nitrogens is 3. The van der Waals surface area contributed by atoms with Crippen molar-refractivity contribution in [2.75, 3.05) is 0 Å². The van der Waals surface area contributed by atoms with E-state index in [-0.39, 0.29) is 5.69 Å². The first-order chi connectivity index (χ1) is 10.2. The van der Waals surface area contributed by atoms with Gasteiger partial charge in [0.1, 0.15) is 5.69 Å². The van der Waals surface area contributed by atoms with E-state index in [1.54, 1.807) is 18.2 Å². The number of aromatic carboxylic acids is 1. The van der Waals surface area contributed by atoms with Gasteiger partial charge in [0, 0.05) is 11.1 Å². The summed E-state index contributed by atoms with van der Waals surface area (Å²) in [5.74, 6) is 0.718. The monoisotopic (exact) mass is 303 g/mol. The predicted octanol–water partition coefficient (Wildman–Crippen LogP) is 2.72. The van der Waals surface area contributed by atoms with E-state index in [0.717, 1.165) is 4.90 Å². The summed E-state index contributed by atoms with van der Waals surface area (Å²) in [7, 11) is 0. The zero-order valence-electron chi connectivity index (χ0n) is 10.6. The van der Waals surface area contributed by atoms with Gasteiger partial charge in [0.25, 0.3) is 0 Å². The molecule has 3 aromatic rings. The summed E-state index contributed by atoms with van der Waals surface area (Å²) in [6.07, 6.45) is 2.98. The van der Waals surface area contributed by atoms with Crippen LogP contribution in [0.2, 0.25) is 0 Å². The van der Waals surface area contributed by atoms with Gasteiger partial charge in [0.15, 0.2) is 5.76 Å². The smallest absolute Gasteiger partial charge is 0.354 e. The van der Waals surface area contributed by atoms with Crippen LogP contribution in [0.5, 0.6) is 0 Å². The lowest BCUT2D eigenvalue weighted by Gasteiger charge is -1.99. The van der Waals surface area contributed by atoms with Crippen LogP contribution in [-0.4, -0.2) is 26.2 Å². The molecule has 0 spiro atoms. The van der Waals surface area contributed by atoms with Crippen molar-refractivity contribution in [2.45, 2.75) is 10.6 Å². The van der Waals surface area contributed by atoms with E-state index in [9.17, 15) is 4.79 Å². The maximum absolute atomic E-state index is 10.8. The van der Waals surface area contributed by atoms with Crippen LogP contribution < -0.4 is 0 Å². The number of carbonyl (C=O) groups is 1. The summed E-state index contributed by atoms with van der Waals surface area (Å²) in [6.45, 7) is 0. The zero-order valence-corrected chi connectivity index (χ0v) is 11.4. The lowest BCUT2D eigenvalue weighted by atomic mass is 10.3. The van der Waals surface area contributed by atoms with Crippen molar-refractivity contribution in [3.8, 4) is 11.6 Å². The van der Waals surface area contributed by atoms with Crippen molar-refractivity contribution >= 4 is 17.7 Å². The number of furan rings is 1. The maximum Gasteiger partial charge on any atom is 0.354 e. The Bertz CT molecular complexity index is 754. The molecule has 3 rings (SSSR count). The maximum atomic E-state index is 10.8. The van der Waals surface area contributed by atoms with Crippen molar-refractivity contribution in [1.29, 1.82) is 0 Å². The Morgan fingerprint density at radius 1 is 1.38 bits per heavy atom.